The molecule has 3 fully saturated rings. The van der Waals surface area contributed by atoms with Gasteiger partial charge in [0.25, 0.3) is 0 Å². The SMILES string of the molecule is COc1ccc2c(c1)[C@]13CCN[C@H](C2)[C@@H]1CC1(CCCCC1)OC3. The lowest BCUT2D eigenvalue weighted by Gasteiger charge is -2.60. The topological polar surface area (TPSA) is 30.5 Å². The third-order valence-corrected chi connectivity index (χ3v) is 7.46. The largest absolute Gasteiger partial charge is 0.497 e. The Morgan fingerprint density at radius 1 is 1.17 bits per heavy atom. The van der Waals surface area contributed by atoms with Gasteiger partial charge in [0.15, 0.2) is 0 Å². The molecule has 4 aliphatic rings. The summed E-state index contributed by atoms with van der Waals surface area (Å²) in [5.74, 6) is 1.72. The number of hydrogen-bond donors (Lipinski definition) is 1. The van der Waals surface area contributed by atoms with Crippen LogP contribution in [-0.2, 0) is 16.6 Å². The monoisotopic (exact) mass is 327 g/mol. The Kier molecular flexibility index (Phi) is 3.47. The quantitative estimate of drug-likeness (QED) is 0.855. The average molecular weight is 327 g/mol. The van der Waals surface area contributed by atoms with Crippen molar-refractivity contribution in [3.8, 4) is 5.75 Å². The number of rotatable bonds is 1. The summed E-state index contributed by atoms with van der Waals surface area (Å²) in [6.07, 6.45) is 10.3. The van der Waals surface area contributed by atoms with Crippen molar-refractivity contribution in [3.63, 3.8) is 0 Å². The van der Waals surface area contributed by atoms with Gasteiger partial charge in [-0.05, 0) is 67.8 Å². The molecule has 1 saturated carbocycles. The van der Waals surface area contributed by atoms with E-state index < -0.39 is 0 Å². The zero-order chi connectivity index (χ0) is 16.2. The van der Waals surface area contributed by atoms with Crippen molar-refractivity contribution in [1.82, 2.24) is 5.32 Å². The molecule has 2 bridgehead atoms. The molecule has 130 valence electrons. The van der Waals surface area contributed by atoms with Crippen LogP contribution in [0.1, 0.15) is 56.1 Å². The molecule has 1 aromatic rings. The molecular formula is C21H29NO2. The fourth-order valence-corrected chi connectivity index (χ4v) is 6.18. The highest BCUT2D eigenvalue weighted by molar-refractivity contribution is 5.46. The second-order valence-corrected chi connectivity index (χ2v) is 8.54. The summed E-state index contributed by atoms with van der Waals surface area (Å²) < 4.78 is 12.3. The van der Waals surface area contributed by atoms with Gasteiger partial charge < -0.3 is 14.8 Å². The minimum absolute atomic E-state index is 0.181. The van der Waals surface area contributed by atoms with E-state index in [9.17, 15) is 0 Å². The van der Waals surface area contributed by atoms with Crippen molar-refractivity contribution in [3.05, 3.63) is 29.3 Å². The first-order valence-corrected chi connectivity index (χ1v) is 9.80. The molecule has 1 aromatic carbocycles. The fourth-order valence-electron chi connectivity index (χ4n) is 6.18. The summed E-state index contributed by atoms with van der Waals surface area (Å²) in [5.41, 5.74) is 3.42. The van der Waals surface area contributed by atoms with E-state index in [0.29, 0.717) is 6.04 Å². The lowest BCUT2D eigenvalue weighted by atomic mass is 9.54. The number of benzene rings is 1. The van der Waals surface area contributed by atoms with Gasteiger partial charge in [0.05, 0.1) is 19.3 Å². The van der Waals surface area contributed by atoms with Gasteiger partial charge >= 0.3 is 0 Å². The second-order valence-electron chi connectivity index (χ2n) is 8.54. The summed E-state index contributed by atoms with van der Waals surface area (Å²) in [6, 6.07) is 7.35. The highest BCUT2D eigenvalue weighted by Gasteiger charge is 2.57. The predicted octanol–water partition coefficient (Wildman–Crippen LogP) is 3.59. The van der Waals surface area contributed by atoms with Crippen molar-refractivity contribution in [2.24, 2.45) is 5.92 Å². The average Bonchev–Trinajstić information content (AvgIpc) is 2.62. The fraction of sp³-hybridized carbons (Fsp3) is 0.714. The second kappa shape index (κ2) is 5.47. The van der Waals surface area contributed by atoms with E-state index in [4.69, 9.17) is 9.47 Å². The molecule has 3 nitrogen and oxygen atoms in total. The van der Waals surface area contributed by atoms with Crippen molar-refractivity contribution >= 4 is 0 Å². The number of methoxy groups -OCH3 is 1. The van der Waals surface area contributed by atoms with Gasteiger partial charge in [-0.1, -0.05) is 25.3 Å². The molecule has 2 aliphatic carbocycles. The van der Waals surface area contributed by atoms with Crippen molar-refractivity contribution in [1.29, 1.82) is 0 Å². The first kappa shape index (κ1) is 15.2. The van der Waals surface area contributed by atoms with Crippen molar-refractivity contribution in [2.45, 2.75) is 68.4 Å². The van der Waals surface area contributed by atoms with Crippen LogP contribution >= 0.6 is 0 Å². The Bertz CT molecular complexity index is 637. The molecule has 0 unspecified atom stereocenters. The maximum Gasteiger partial charge on any atom is 0.119 e. The summed E-state index contributed by atoms with van der Waals surface area (Å²) in [6.45, 7) is 2.03. The maximum absolute atomic E-state index is 6.71. The first-order valence-electron chi connectivity index (χ1n) is 9.80. The molecule has 2 heterocycles. The zero-order valence-corrected chi connectivity index (χ0v) is 14.8. The van der Waals surface area contributed by atoms with Crippen LogP contribution in [0.2, 0.25) is 0 Å². The molecule has 0 amide bonds. The number of hydrogen-bond acceptors (Lipinski definition) is 3. The van der Waals surface area contributed by atoms with Gasteiger partial charge in [0.1, 0.15) is 5.75 Å². The van der Waals surface area contributed by atoms with Gasteiger partial charge in [-0.15, -0.1) is 0 Å². The molecule has 3 heteroatoms. The standard InChI is InChI=1S/C21H29NO2/c1-23-16-6-5-15-11-19-18-13-20(7-3-2-4-8-20)24-14-21(18,9-10-22-19)17(15)12-16/h5-6,12,18-19,22H,2-4,7-11,13-14H2,1H3/t18-,19+,21+/m0/s1. The molecule has 3 atom stereocenters. The molecule has 1 N–H and O–H groups in total. The van der Waals surface area contributed by atoms with Crippen LogP contribution in [0.3, 0.4) is 0 Å². The van der Waals surface area contributed by atoms with Crippen LogP contribution in [0.5, 0.6) is 5.75 Å². The number of piperidine rings is 1. The van der Waals surface area contributed by atoms with Crippen LogP contribution < -0.4 is 10.1 Å². The number of nitrogens with one attached hydrogen (secondary N) is 1. The van der Waals surface area contributed by atoms with Gasteiger partial charge in [-0.2, -0.15) is 0 Å². The lowest BCUT2D eigenvalue weighted by Crippen LogP contribution is -2.65. The summed E-state index contributed by atoms with van der Waals surface area (Å²) in [7, 11) is 1.78. The third kappa shape index (κ3) is 2.10. The lowest BCUT2D eigenvalue weighted by molar-refractivity contribution is -0.168. The Balaban J connectivity index is 1.56. The van der Waals surface area contributed by atoms with Crippen molar-refractivity contribution in [2.75, 3.05) is 20.3 Å². The Labute approximate surface area is 145 Å². The Morgan fingerprint density at radius 3 is 2.88 bits per heavy atom. The van der Waals surface area contributed by atoms with E-state index in [0.717, 1.165) is 24.8 Å². The zero-order valence-electron chi connectivity index (χ0n) is 14.8. The highest BCUT2D eigenvalue weighted by atomic mass is 16.5. The van der Waals surface area contributed by atoms with E-state index in [-0.39, 0.29) is 11.0 Å². The normalized spacial score (nSPS) is 36.7. The highest BCUT2D eigenvalue weighted by Crippen LogP contribution is 2.55. The predicted molar refractivity (Wildman–Crippen MR) is 94.7 cm³/mol. The molecule has 0 radical (unpaired) electrons. The molecule has 0 aromatic heterocycles. The minimum atomic E-state index is 0.181. The Hall–Kier alpha value is -1.06. The van der Waals surface area contributed by atoms with Crippen LogP contribution in [0.4, 0.5) is 0 Å². The smallest absolute Gasteiger partial charge is 0.119 e. The van der Waals surface area contributed by atoms with E-state index in [1.165, 1.54) is 62.5 Å². The van der Waals surface area contributed by atoms with E-state index in [2.05, 4.69) is 23.5 Å². The van der Waals surface area contributed by atoms with Crippen molar-refractivity contribution < 1.29 is 9.47 Å². The van der Waals surface area contributed by atoms with E-state index >= 15 is 0 Å². The van der Waals surface area contributed by atoms with Crippen LogP contribution in [0.25, 0.3) is 0 Å². The minimum Gasteiger partial charge on any atom is -0.497 e. The maximum atomic E-state index is 6.71. The first-order chi connectivity index (χ1) is 11.7. The summed E-state index contributed by atoms with van der Waals surface area (Å²) in [4.78, 5) is 0. The molecule has 1 spiro atoms. The van der Waals surface area contributed by atoms with E-state index in [1.807, 2.05) is 0 Å². The van der Waals surface area contributed by atoms with Crippen LogP contribution in [0, 0.1) is 5.92 Å². The molecule has 2 saturated heterocycles. The summed E-state index contributed by atoms with van der Waals surface area (Å²) >= 11 is 0. The summed E-state index contributed by atoms with van der Waals surface area (Å²) in [5, 5.41) is 3.85. The molecule has 2 aliphatic heterocycles. The van der Waals surface area contributed by atoms with Gasteiger partial charge in [-0.25, -0.2) is 0 Å². The molecular weight excluding hydrogens is 298 g/mol. The van der Waals surface area contributed by atoms with Gasteiger partial charge in [-0.3, -0.25) is 0 Å². The van der Waals surface area contributed by atoms with Crippen LogP contribution in [0.15, 0.2) is 18.2 Å². The number of fused-ring (bicyclic) bond motifs is 1. The Morgan fingerprint density at radius 2 is 2.04 bits per heavy atom. The van der Waals surface area contributed by atoms with E-state index in [1.54, 1.807) is 7.11 Å². The van der Waals surface area contributed by atoms with Gasteiger partial charge in [0.2, 0.25) is 0 Å². The third-order valence-electron chi connectivity index (χ3n) is 7.46. The molecule has 24 heavy (non-hydrogen) atoms. The van der Waals surface area contributed by atoms with Crippen LogP contribution in [-0.4, -0.2) is 31.9 Å². The van der Waals surface area contributed by atoms with Gasteiger partial charge in [0, 0.05) is 11.5 Å². The number of ether oxygens (including phenoxy) is 2. The molecule has 5 rings (SSSR count).